The molecule has 0 fully saturated rings. The largest absolute Gasteiger partial charge is 0.493 e. The van der Waals surface area contributed by atoms with E-state index in [-0.39, 0.29) is 35.5 Å². The van der Waals surface area contributed by atoms with Gasteiger partial charge in [0.15, 0.2) is 17.5 Å². The molecule has 0 saturated heterocycles. The Kier molecular flexibility index (Phi) is 11.6. The molecular weight excluding hydrogens is 443 g/mol. The van der Waals surface area contributed by atoms with Crippen molar-refractivity contribution >= 4 is 29.9 Å². The Morgan fingerprint density at radius 3 is 2.35 bits per heavy atom. The summed E-state index contributed by atoms with van der Waals surface area (Å²) >= 11 is 0. The normalized spacial score (nSPS) is 13.0. The van der Waals surface area contributed by atoms with Gasteiger partial charge in [0, 0.05) is 20.1 Å². The van der Waals surface area contributed by atoms with Crippen molar-refractivity contribution in [3.05, 3.63) is 24.3 Å². The van der Waals surface area contributed by atoms with Crippen molar-refractivity contribution in [2.75, 3.05) is 47.9 Å². The van der Waals surface area contributed by atoms with E-state index in [0.717, 1.165) is 30.5 Å². The minimum Gasteiger partial charge on any atom is -0.493 e. The Bertz CT molecular complexity index is 550. The van der Waals surface area contributed by atoms with Crippen LogP contribution in [-0.2, 0) is 0 Å². The number of aliphatic imine (C=N–C) groups is 1. The van der Waals surface area contributed by atoms with Crippen molar-refractivity contribution in [2.24, 2.45) is 10.4 Å². The molecule has 26 heavy (non-hydrogen) atoms. The first-order chi connectivity index (χ1) is 11.8. The molecule has 1 atom stereocenters. The lowest BCUT2D eigenvalue weighted by molar-refractivity contribution is 0.213. The van der Waals surface area contributed by atoms with E-state index in [0.29, 0.717) is 6.54 Å². The van der Waals surface area contributed by atoms with Gasteiger partial charge < -0.3 is 25.0 Å². The van der Waals surface area contributed by atoms with Crippen LogP contribution in [0.25, 0.3) is 0 Å². The van der Waals surface area contributed by atoms with Gasteiger partial charge in [-0.3, -0.25) is 4.99 Å². The molecule has 7 heteroatoms. The fourth-order valence-corrected chi connectivity index (χ4v) is 2.67. The molecule has 0 spiro atoms. The maximum atomic E-state index is 5.95. The molecule has 1 aromatic rings. The maximum absolute atomic E-state index is 5.95. The summed E-state index contributed by atoms with van der Waals surface area (Å²) in [6.07, 6.45) is -0.0235. The molecule has 0 bridgehead atoms. The van der Waals surface area contributed by atoms with E-state index in [2.05, 4.69) is 48.5 Å². The lowest BCUT2D eigenvalue weighted by atomic mass is 9.93. The summed E-state index contributed by atoms with van der Waals surface area (Å²) in [6.45, 7) is 8.98. The highest BCUT2D eigenvalue weighted by atomic mass is 127. The van der Waals surface area contributed by atoms with Gasteiger partial charge in [-0.05, 0) is 38.6 Å². The van der Waals surface area contributed by atoms with E-state index in [1.807, 2.05) is 31.2 Å². The topological polar surface area (TPSA) is 58.1 Å². The van der Waals surface area contributed by atoms with Gasteiger partial charge in [0.25, 0.3) is 0 Å². The molecule has 0 amide bonds. The first-order valence-electron chi connectivity index (χ1n) is 8.66. The molecule has 0 aromatic heterocycles. The zero-order valence-electron chi connectivity index (χ0n) is 17.1. The average molecular weight is 478 g/mol. The van der Waals surface area contributed by atoms with Crippen LogP contribution < -0.4 is 20.1 Å². The number of hydrogen-bond donors (Lipinski definition) is 2. The summed E-state index contributed by atoms with van der Waals surface area (Å²) in [5, 5.41) is 6.70. The molecule has 150 valence electrons. The van der Waals surface area contributed by atoms with Crippen molar-refractivity contribution in [2.45, 2.75) is 26.9 Å². The summed E-state index contributed by atoms with van der Waals surface area (Å²) in [4.78, 5) is 6.48. The Balaban J connectivity index is 0.00000625. The number of benzene rings is 1. The third kappa shape index (κ3) is 9.47. The van der Waals surface area contributed by atoms with E-state index in [4.69, 9.17) is 9.47 Å². The van der Waals surface area contributed by atoms with Crippen molar-refractivity contribution < 1.29 is 9.47 Å². The van der Waals surface area contributed by atoms with E-state index < -0.39 is 0 Å². The second-order valence-corrected chi connectivity index (χ2v) is 7.29. The SMILES string of the molecule is CN=C(NCC(C)Oc1ccccc1OC)NCC(C)(C)CN(C)C.I. The molecule has 1 unspecified atom stereocenters. The van der Waals surface area contributed by atoms with Gasteiger partial charge in [0.1, 0.15) is 6.10 Å². The third-order valence-corrected chi connectivity index (χ3v) is 3.66. The van der Waals surface area contributed by atoms with Crippen LogP contribution in [0.1, 0.15) is 20.8 Å². The van der Waals surface area contributed by atoms with Crippen molar-refractivity contribution in [1.29, 1.82) is 0 Å². The van der Waals surface area contributed by atoms with Crippen LogP contribution in [0.4, 0.5) is 0 Å². The predicted molar refractivity (Wildman–Crippen MR) is 120 cm³/mol. The smallest absolute Gasteiger partial charge is 0.191 e. The molecule has 2 N–H and O–H groups in total. The van der Waals surface area contributed by atoms with Crippen molar-refractivity contribution in [3.63, 3.8) is 0 Å². The Morgan fingerprint density at radius 1 is 1.19 bits per heavy atom. The van der Waals surface area contributed by atoms with Crippen LogP contribution in [0, 0.1) is 5.41 Å². The first kappa shape index (κ1) is 24.8. The van der Waals surface area contributed by atoms with Gasteiger partial charge >= 0.3 is 0 Å². The van der Waals surface area contributed by atoms with E-state index in [1.54, 1.807) is 14.2 Å². The molecule has 1 aromatic carbocycles. The Hall–Kier alpha value is -1.22. The van der Waals surface area contributed by atoms with Gasteiger partial charge in [0.2, 0.25) is 0 Å². The summed E-state index contributed by atoms with van der Waals surface area (Å²) in [7, 11) is 7.60. The molecule has 0 aliphatic carbocycles. The zero-order chi connectivity index (χ0) is 18.9. The van der Waals surface area contributed by atoms with Crippen LogP contribution in [0.3, 0.4) is 0 Å². The quantitative estimate of drug-likeness (QED) is 0.325. The summed E-state index contributed by atoms with van der Waals surface area (Å²) in [5.74, 6) is 2.26. The lowest BCUT2D eigenvalue weighted by Gasteiger charge is -2.29. The predicted octanol–water partition coefficient (Wildman–Crippen LogP) is 2.83. The number of para-hydroxylation sites is 2. The molecule has 0 radical (unpaired) electrons. The number of ether oxygens (including phenoxy) is 2. The van der Waals surface area contributed by atoms with Gasteiger partial charge in [0.05, 0.1) is 13.7 Å². The Morgan fingerprint density at radius 2 is 1.81 bits per heavy atom. The highest BCUT2D eigenvalue weighted by molar-refractivity contribution is 14.0. The number of nitrogens with one attached hydrogen (secondary N) is 2. The minimum atomic E-state index is -0.0235. The number of rotatable bonds is 9. The van der Waals surface area contributed by atoms with Crippen LogP contribution in [0.2, 0.25) is 0 Å². The van der Waals surface area contributed by atoms with E-state index >= 15 is 0 Å². The summed E-state index contributed by atoms with van der Waals surface area (Å²) in [5.41, 5.74) is 0.153. The van der Waals surface area contributed by atoms with Crippen LogP contribution >= 0.6 is 24.0 Å². The van der Waals surface area contributed by atoms with E-state index in [1.165, 1.54) is 0 Å². The van der Waals surface area contributed by atoms with Crippen molar-refractivity contribution in [3.8, 4) is 11.5 Å². The van der Waals surface area contributed by atoms with Gasteiger partial charge in [-0.1, -0.05) is 26.0 Å². The maximum Gasteiger partial charge on any atom is 0.191 e. The second kappa shape index (κ2) is 12.2. The molecule has 0 heterocycles. The molecule has 0 saturated carbocycles. The second-order valence-electron chi connectivity index (χ2n) is 7.29. The average Bonchev–Trinajstić information content (AvgIpc) is 2.54. The van der Waals surface area contributed by atoms with Crippen LogP contribution in [-0.4, -0.2) is 64.9 Å². The highest BCUT2D eigenvalue weighted by Crippen LogP contribution is 2.26. The zero-order valence-corrected chi connectivity index (χ0v) is 19.5. The lowest BCUT2D eigenvalue weighted by Crippen LogP contribution is -2.46. The molecule has 0 aliphatic heterocycles. The highest BCUT2D eigenvalue weighted by Gasteiger charge is 2.19. The number of methoxy groups -OCH3 is 1. The van der Waals surface area contributed by atoms with Crippen LogP contribution in [0.5, 0.6) is 11.5 Å². The number of nitrogens with zero attached hydrogens (tertiary/aromatic N) is 2. The molecule has 0 aliphatic rings. The third-order valence-electron chi connectivity index (χ3n) is 3.66. The molecule has 6 nitrogen and oxygen atoms in total. The number of halogens is 1. The molecule has 1 rings (SSSR count). The van der Waals surface area contributed by atoms with Crippen LogP contribution in [0.15, 0.2) is 29.3 Å². The van der Waals surface area contributed by atoms with Gasteiger partial charge in [-0.15, -0.1) is 24.0 Å². The van der Waals surface area contributed by atoms with Crippen molar-refractivity contribution in [1.82, 2.24) is 15.5 Å². The van der Waals surface area contributed by atoms with Gasteiger partial charge in [-0.25, -0.2) is 0 Å². The molecular formula is C19H35IN4O2. The first-order valence-corrected chi connectivity index (χ1v) is 8.66. The minimum absolute atomic E-state index is 0. The standard InChI is InChI=1S/C19H34N4O2.HI/c1-15(25-17-11-9-8-10-16(17)24-7)12-21-18(20-4)22-13-19(2,3)14-23(5)6;/h8-11,15H,12-14H2,1-7H3,(H2,20,21,22);1H. The Labute approximate surface area is 175 Å². The number of guanidine groups is 1. The fraction of sp³-hybridized carbons (Fsp3) is 0.632. The fourth-order valence-electron chi connectivity index (χ4n) is 2.67. The monoisotopic (exact) mass is 478 g/mol. The number of hydrogen-bond acceptors (Lipinski definition) is 4. The summed E-state index contributed by atoms with van der Waals surface area (Å²) < 4.78 is 11.3. The van der Waals surface area contributed by atoms with Gasteiger partial charge in [-0.2, -0.15) is 0 Å². The summed E-state index contributed by atoms with van der Waals surface area (Å²) in [6, 6.07) is 7.66. The van der Waals surface area contributed by atoms with E-state index in [9.17, 15) is 0 Å².